The number of nitrogens with two attached hydrogens (primary N) is 1. The van der Waals surface area contributed by atoms with E-state index in [0.717, 1.165) is 51.6 Å². The van der Waals surface area contributed by atoms with Gasteiger partial charge < -0.3 is 20.1 Å². The van der Waals surface area contributed by atoms with Crippen LogP contribution in [-0.2, 0) is 9.47 Å². The van der Waals surface area contributed by atoms with Gasteiger partial charge in [0.05, 0.1) is 19.3 Å². The van der Waals surface area contributed by atoms with Crippen LogP contribution in [0.2, 0.25) is 0 Å². The fourth-order valence-electron chi connectivity index (χ4n) is 3.66. The first-order valence-electron chi connectivity index (χ1n) is 8.92. The summed E-state index contributed by atoms with van der Waals surface area (Å²) in [6, 6.07) is 0. The molecule has 2 fully saturated rings. The standard InChI is InChI=1S/C17H32N2O3/c1-2-3-13-22-16(20)19-11-8-17(9-12-19)6-4-15(5-7-17)21-14-10-18/h15H,2-14,18H2,1H3. The van der Waals surface area contributed by atoms with Crippen LogP contribution < -0.4 is 5.73 Å². The smallest absolute Gasteiger partial charge is 0.409 e. The lowest BCUT2D eigenvalue weighted by molar-refractivity contribution is -0.0206. The van der Waals surface area contributed by atoms with Gasteiger partial charge in [-0.05, 0) is 50.4 Å². The first kappa shape index (κ1) is 17.5. The third-order valence-electron chi connectivity index (χ3n) is 5.27. The number of hydrogen-bond donors (Lipinski definition) is 1. The molecule has 0 atom stereocenters. The molecule has 2 aliphatic rings. The highest BCUT2D eigenvalue weighted by atomic mass is 16.6. The first-order valence-corrected chi connectivity index (χ1v) is 8.92. The van der Waals surface area contributed by atoms with Gasteiger partial charge in [0.15, 0.2) is 0 Å². The summed E-state index contributed by atoms with van der Waals surface area (Å²) >= 11 is 0. The molecule has 128 valence electrons. The highest BCUT2D eigenvalue weighted by molar-refractivity contribution is 5.67. The van der Waals surface area contributed by atoms with E-state index >= 15 is 0 Å². The van der Waals surface area contributed by atoms with Gasteiger partial charge >= 0.3 is 6.09 Å². The van der Waals surface area contributed by atoms with Crippen molar-refractivity contribution in [2.45, 2.75) is 64.4 Å². The normalized spacial score (nSPS) is 22.0. The number of hydrogen-bond acceptors (Lipinski definition) is 4. The van der Waals surface area contributed by atoms with Crippen LogP contribution in [0, 0.1) is 5.41 Å². The van der Waals surface area contributed by atoms with E-state index in [1.807, 2.05) is 4.90 Å². The average Bonchev–Trinajstić information content (AvgIpc) is 2.55. The van der Waals surface area contributed by atoms with Crippen LogP contribution in [0.15, 0.2) is 0 Å². The Morgan fingerprint density at radius 3 is 2.45 bits per heavy atom. The number of carbonyl (C=O) groups is 1. The number of rotatable bonds is 6. The molecule has 1 saturated heterocycles. The predicted octanol–water partition coefficient (Wildman–Crippen LogP) is 2.92. The van der Waals surface area contributed by atoms with Crippen molar-refractivity contribution in [2.75, 3.05) is 32.8 Å². The molecule has 2 rings (SSSR count). The summed E-state index contributed by atoms with van der Waals surface area (Å²) in [6.45, 7) is 5.63. The van der Waals surface area contributed by atoms with Crippen molar-refractivity contribution < 1.29 is 14.3 Å². The van der Waals surface area contributed by atoms with Crippen molar-refractivity contribution in [1.29, 1.82) is 0 Å². The average molecular weight is 312 g/mol. The molecule has 1 aliphatic carbocycles. The quantitative estimate of drug-likeness (QED) is 0.766. The summed E-state index contributed by atoms with van der Waals surface area (Å²) in [7, 11) is 0. The Morgan fingerprint density at radius 1 is 1.18 bits per heavy atom. The minimum atomic E-state index is -0.122. The fraction of sp³-hybridized carbons (Fsp3) is 0.941. The van der Waals surface area contributed by atoms with Gasteiger partial charge in [-0.1, -0.05) is 13.3 Å². The van der Waals surface area contributed by atoms with Crippen molar-refractivity contribution in [1.82, 2.24) is 4.90 Å². The molecular formula is C17H32N2O3. The predicted molar refractivity (Wildman–Crippen MR) is 86.8 cm³/mol. The second-order valence-corrected chi connectivity index (χ2v) is 6.81. The molecule has 0 radical (unpaired) electrons. The van der Waals surface area contributed by atoms with Gasteiger partial charge in [-0.3, -0.25) is 0 Å². The van der Waals surface area contributed by atoms with Crippen LogP contribution in [0.4, 0.5) is 4.79 Å². The second-order valence-electron chi connectivity index (χ2n) is 6.81. The van der Waals surface area contributed by atoms with E-state index in [1.165, 1.54) is 12.8 Å². The van der Waals surface area contributed by atoms with Crippen molar-refractivity contribution in [3.63, 3.8) is 0 Å². The number of ether oxygens (including phenoxy) is 2. The molecular weight excluding hydrogens is 280 g/mol. The minimum Gasteiger partial charge on any atom is -0.449 e. The topological polar surface area (TPSA) is 64.8 Å². The van der Waals surface area contributed by atoms with Gasteiger partial charge in [0, 0.05) is 19.6 Å². The lowest BCUT2D eigenvalue weighted by Crippen LogP contribution is -2.45. The van der Waals surface area contributed by atoms with Crippen molar-refractivity contribution >= 4 is 6.09 Å². The fourth-order valence-corrected chi connectivity index (χ4v) is 3.66. The Balaban J connectivity index is 1.69. The SMILES string of the molecule is CCCCOC(=O)N1CCC2(CCC(OCCN)CC2)CC1. The number of unbranched alkanes of at least 4 members (excludes halogenated alkanes) is 1. The number of piperidine rings is 1. The minimum absolute atomic E-state index is 0.122. The molecule has 0 aromatic carbocycles. The van der Waals surface area contributed by atoms with E-state index in [4.69, 9.17) is 15.2 Å². The Hall–Kier alpha value is -0.810. The van der Waals surface area contributed by atoms with Crippen LogP contribution in [-0.4, -0.2) is 49.9 Å². The third kappa shape index (κ3) is 4.85. The van der Waals surface area contributed by atoms with Crippen LogP contribution in [0.5, 0.6) is 0 Å². The zero-order chi connectivity index (χ0) is 15.8. The molecule has 1 amide bonds. The third-order valence-corrected chi connectivity index (χ3v) is 5.27. The molecule has 5 heteroatoms. The lowest BCUT2D eigenvalue weighted by Gasteiger charge is -2.45. The van der Waals surface area contributed by atoms with Crippen molar-refractivity contribution in [3.05, 3.63) is 0 Å². The summed E-state index contributed by atoms with van der Waals surface area (Å²) in [6.07, 6.45) is 9.23. The van der Waals surface area contributed by atoms with E-state index < -0.39 is 0 Å². The number of amides is 1. The molecule has 1 aliphatic heterocycles. The number of nitrogens with zero attached hydrogens (tertiary/aromatic N) is 1. The highest BCUT2D eigenvalue weighted by Crippen LogP contribution is 2.45. The van der Waals surface area contributed by atoms with Crippen LogP contribution in [0.1, 0.15) is 58.3 Å². The summed E-state index contributed by atoms with van der Waals surface area (Å²) in [5, 5.41) is 0. The van der Waals surface area contributed by atoms with E-state index in [1.54, 1.807) is 0 Å². The van der Waals surface area contributed by atoms with Gasteiger partial charge in [0.2, 0.25) is 0 Å². The summed E-state index contributed by atoms with van der Waals surface area (Å²) in [5.74, 6) is 0. The largest absolute Gasteiger partial charge is 0.449 e. The molecule has 0 aromatic rings. The zero-order valence-electron chi connectivity index (χ0n) is 14.0. The molecule has 5 nitrogen and oxygen atoms in total. The van der Waals surface area contributed by atoms with Crippen molar-refractivity contribution in [3.8, 4) is 0 Å². The van der Waals surface area contributed by atoms with E-state index in [0.29, 0.717) is 31.3 Å². The van der Waals surface area contributed by atoms with Gasteiger partial charge in [-0.15, -0.1) is 0 Å². The molecule has 0 unspecified atom stereocenters. The van der Waals surface area contributed by atoms with E-state index in [-0.39, 0.29) is 6.09 Å². The van der Waals surface area contributed by atoms with Crippen LogP contribution in [0.25, 0.3) is 0 Å². The van der Waals surface area contributed by atoms with Gasteiger partial charge in [0.1, 0.15) is 0 Å². The summed E-state index contributed by atoms with van der Waals surface area (Å²) in [5.41, 5.74) is 5.93. The number of carbonyl (C=O) groups excluding carboxylic acids is 1. The molecule has 1 heterocycles. The zero-order valence-corrected chi connectivity index (χ0v) is 14.0. The molecule has 1 spiro atoms. The monoisotopic (exact) mass is 312 g/mol. The summed E-state index contributed by atoms with van der Waals surface area (Å²) in [4.78, 5) is 13.9. The Kier molecular flexibility index (Phi) is 6.96. The molecule has 2 N–H and O–H groups in total. The van der Waals surface area contributed by atoms with Gasteiger partial charge in [0.25, 0.3) is 0 Å². The highest BCUT2D eigenvalue weighted by Gasteiger charge is 2.39. The molecule has 0 bridgehead atoms. The van der Waals surface area contributed by atoms with E-state index in [2.05, 4.69) is 6.92 Å². The maximum atomic E-state index is 12.0. The van der Waals surface area contributed by atoms with Crippen molar-refractivity contribution in [2.24, 2.45) is 11.1 Å². The molecule has 0 aromatic heterocycles. The van der Waals surface area contributed by atoms with E-state index in [9.17, 15) is 4.79 Å². The van der Waals surface area contributed by atoms with Gasteiger partial charge in [-0.2, -0.15) is 0 Å². The maximum Gasteiger partial charge on any atom is 0.409 e. The first-order chi connectivity index (χ1) is 10.7. The lowest BCUT2D eigenvalue weighted by atomic mass is 9.67. The Morgan fingerprint density at radius 2 is 1.86 bits per heavy atom. The maximum absolute atomic E-state index is 12.0. The van der Waals surface area contributed by atoms with Crippen LogP contribution >= 0.6 is 0 Å². The van der Waals surface area contributed by atoms with Crippen LogP contribution in [0.3, 0.4) is 0 Å². The number of likely N-dealkylation sites (tertiary alicyclic amines) is 1. The molecule has 1 saturated carbocycles. The Bertz CT molecular complexity index is 331. The van der Waals surface area contributed by atoms with Gasteiger partial charge in [-0.25, -0.2) is 4.79 Å². The second kappa shape index (κ2) is 8.73. The molecule has 22 heavy (non-hydrogen) atoms. The Labute approximate surface area is 134 Å². The summed E-state index contributed by atoms with van der Waals surface area (Å²) < 4.78 is 11.1.